The van der Waals surface area contributed by atoms with Crippen molar-refractivity contribution < 1.29 is 24.1 Å². The van der Waals surface area contributed by atoms with Crippen molar-refractivity contribution in [1.82, 2.24) is 0 Å². The Kier molecular flexibility index (Phi) is 5.25. The van der Waals surface area contributed by atoms with Crippen molar-refractivity contribution >= 4 is 11.9 Å². The van der Waals surface area contributed by atoms with Crippen molar-refractivity contribution in [2.75, 3.05) is 21.3 Å². The van der Waals surface area contributed by atoms with E-state index in [1.165, 1.54) is 32.4 Å². The molecule has 0 aliphatic rings. The van der Waals surface area contributed by atoms with E-state index in [0.29, 0.717) is 11.5 Å². The minimum Gasteiger partial charge on any atom is -0.507 e. The molecule has 0 saturated carbocycles. The summed E-state index contributed by atoms with van der Waals surface area (Å²) in [6.07, 6.45) is 3.06. The summed E-state index contributed by atoms with van der Waals surface area (Å²) in [6, 6.07) is 10.1. The van der Waals surface area contributed by atoms with E-state index in [1.807, 2.05) is 12.1 Å². The average Bonchev–Trinajstić information content (AvgIpc) is 2.59. The Hall–Kier alpha value is -2.95. The van der Waals surface area contributed by atoms with Gasteiger partial charge in [-0.2, -0.15) is 0 Å². The normalized spacial score (nSPS) is 10.6. The predicted octanol–water partition coefficient (Wildman–Crippen LogP) is 3.31. The van der Waals surface area contributed by atoms with Crippen molar-refractivity contribution in [3.63, 3.8) is 0 Å². The molecule has 0 saturated heterocycles. The number of ketones is 1. The maximum atomic E-state index is 12.3. The number of methoxy groups -OCH3 is 3. The second-order valence-corrected chi connectivity index (χ2v) is 4.70. The molecule has 5 heteroatoms. The molecular weight excluding hydrogens is 296 g/mol. The van der Waals surface area contributed by atoms with Gasteiger partial charge >= 0.3 is 0 Å². The van der Waals surface area contributed by atoms with Crippen LogP contribution in [0.3, 0.4) is 0 Å². The van der Waals surface area contributed by atoms with Crippen LogP contribution >= 0.6 is 0 Å². The predicted molar refractivity (Wildman–Crippen MR) is 87.6 cm³/mol. The number of phenols is 1. The third-order valence-corrected chi connectivity index (χ3v) is 3.31. The van der Waals surface area contributed by atoms with Gasteiger partial charge in [0.15, 0.2) is 17.3 Å². The van der Waals surface area contributed by atoms with Gasteiger partial charge in [-0.05, 0) is 29.8 Å². The van der Waals surface area contributed by atoms with Crippen LogP contribution in [0.1, 0.15) is 15.9 Å². The lowest BCUT2D eigenvalue weighted by Crippen LogP contribution is -1.98. The fourth-order valence-corrected chi connectivity index (χ4v) is 2.04. The molecule has 0 radical (unpaired) electrons. The van der Waals surface area contributed by atoms with Crippen LogP contribution < -0.4 is 14.2 Å². The van der Waals surface area contributed by atoms with Crippen LogP contribution in [0.5, 0.6) is 23.0 Å². The first-order chi connectivity index (χ1) is 11.1. The molecule has 120 valence electrons. The van der Waals surface area contributed by atoms with Gasteiger partial charge in [-0.3, -0.25) is 4.79 Å². The fourth-order valence-electron chi connectivity index (χ4n) is 2.04. The largest absolute Gasteiger partial charge is 0.507 e. The summed E-state index contributed by atoms with van der Waals surface area (Å²) < 4.78 is 15.3. The smallest absolute Gasteiger partial charge is 0.189 e. The SMILES string of the molecule is COc1ccc(/C=C/C(=O)c2cc(OC)c(OC)cc2O)cc1. The number of allylic oxidation sites excluding steroid dienone is 1. The topological polar surface area (TPSA) is 65.0 Å². The first-order valence-electron chi connectivity index (χ1n) is 6.90. The molecule has 2 rings (SSSR count). The van der Waals surface area contributed by atoms with Gasteiger partial charge in [0.25, 0.3) is 0 Å². The quantitative estimate of drug-likeness (QED) is 0.654. The molecule has 0 bridgehead atoms. The number of hydrogen-bond acceptors (Lipinski definition) is 5. The molecule has 0 fully saturated rings. The monoisotopic (exact) mass is 314 g/mol. The number of carbonyl (C=O) groups is 1. The van der Waals surface area contributed by atoms with Gasteiger partial charge in [-0.1, -0.05) is 18.2 Å². The zero-order valence-electron chi connectivity index (χ0n) is 13.2. The van der Waals surface area contributed by atoms with E-state index in [2.05, 4.69) is 0 Å². The molecular formula is C18H18O5. The van der Waals surface area contributed by atoms with Crippen LogP contribution in [-0.4, -0.2) is 32.2 Å². The molecule has 0 atom stereocenters. The number of rotatable bonds is 6. The molecule has 2 aromatic carbocycles. The maximum Gasteiger partial charge on any atom is 0.189 e. The number of hydrogen-bond donors (Lipinski definition) is 1. The molecule has 1 N–H and O–H groups in total. The molecule has 0 aliphatic carbocycles. The lowest BCUT2D eigenvalue weighted by atomic mass is 10.1. The van der Waals surface area contributed by atoms with Gasteiger partial charge in [0.1, 0.15) is 11.5 Å². The van der Waals surface area contributed by atoms with Crippen molar-refractivity contribution in [3.8, 4) is 23.0 Å². The molecule has 2 aromatic rings. The number of benzene rings is 2. The molecule has 0 heterocycles. The zero-order valence-corrected chi connectivity index (χ0v) is 13.2. The van der Waals surface area contributed by atoms with Crippen LogP contribution in [0.15, 0.2) is 42.5 Å². The Morgan fingerprint density at radius 1 is 0.957 bits per heavy atom. The summed E-state index contributed by atoms with van der Waals surface area (Å²) in [5.74, 6) is 0.990. The number of ether oxygens (including phenoxy) is 3. The minimum absolute atomic E-state index is 0.146. The van der Waals surface area contributed by atoms with Crippen LogP contribution in [0.2, 0.25) is 0 Å². The summed E-state index contributed by atoms with van der Waals surface area (Å²) in [5, 5.41) is 9.97. The van der Waals surface area contributed by atoms with Crippen molar-refractivity contribution in [1.29, 1.82) is 0 Å². The lowest BCUT2D eigenvalue weighted by Gasteiger charge is -2.10. The van der Waals surface area contributed by atoms with Crippen LogP contribution in [0, 0.1) is 0 Å². The van der Waals surface area contributed by atoms with Gasteiger partial charge < -0.3 is 19.3 Å². The Labute approximate surface area is 134 Å². The third kappa shape index (κ3) is 3.83. The Bertz CT molecular complexity index is 717. The maximum absolute atomic E-state index is 12.3. The summed E-state index contributed by atoms with van der Waals surface area (Å²) in [7, 11) is 4.52. The zero-order chi connectivity index (χ0) is 16.8. The van der Waals surface area contributed by atoms with E-state index < -0.39 is 0 Å². The highest BCUT2D eigenvalue weighted by atomic mass is 16.5. The van der Waals surface area contributed by atoms with Crippen LogP contribution in [0.25, 0.3) is 6.08 Å². The second-order valence-electron chi connectivity index (χ2n) is 4.70. The van der Waals surface area contributed by atoms with Crippen molar-refractivity contribution in [3.05, 3.63) is 53.6 Å². The highest BCUT2D eigenvalue weighted by molar-refractivity contribution is 6.09. The number of carbonyl (C=O) groups excluding carboxylic acids is 1. The molecule has 0 aromatic heterocycles. The van der Waals surface area contributed by atoms with Gasteiger partial charge in [0, 0.05) is 6.07 Å². The van der Waals surface area contributed by atoms with Gasteiger partial charge in [0.2, 0.25) is 0 Å². The Morgan fingerprint density at radius 3 is 2.13 bits per heavy atom. The van der Waals surface area contributed by atoms with E-state index in [4.69, 9.17) is 14.2 Å². The minimum atomic E-state index is -0.334. The Morgan fingerprint density at radius 2 is 1.57 bits per heavy atom. The highest BCUT2D eigenvalue weighted by Crippen LogP contribution is 2.34. The first kappa shape index (κ1) is 16.4. The van der Waals surface area contributed by atoms with Crippen molar-refractivity contribution in [2.24, 2.45) is 0 Å². The molecule has 23 heavy (non-hydrogen) atoms. The molecule has 0 spiro atoms. The van der Waals surface area contributed by atoms with E-state index in [1.54, 1.807) is 25.3 Å². The number of phenolic OH excluding ortho intramolecular Hbond substituents is 1. The summed E-state index contributed by atoms with van der Waals surface area (Å²) >= 11 is 0. The van der Waals surface area contributed by atoms with E-state index in [-0.39, 0.29) is 17.1 Å². The molecule has 0 unspecified atom stereocenters. The standard InChI is InChI=1S/C18H18O5/c1-21-13-7-4-12(5-8-13)6-9-15(19)14-10-17(22-2)18(23-3)11-16(14)20/h4-11,20H,1-3H3/b9-6+. The van der Waals surface area contributed by atoms with E-state index >= 15 is 0 Å². The van der Waals surface area contributed by atoms with E-state index in [9.17, 15) is 9.90 Å². The highest BCUT2D eigenvalue weighted by Gasteiger charge is 2.14. The Balaban J connectivity index is 2.24. The summed E-state index contributed by atoms with van der Waals surface area (Å²) in [4.78, 5) is 12.3. The third-order valence-electron chi connectivity index (χ3n) is 3.31. The van der Waals surface area contributed by atoms with Gasteiger partial charge in [-0.25, -0.2) is 0 Å². The second kappa shape index (κ2) is 7.35. The lowest BCUT2D eigenvalue weighted by molar-refractivity contribution is 0.104. The number of aromatic hydroxyl groups is 1. The van der Waals surface area contributed by atoms with Gasteiger partial charge in [-0.15, -0.1) is 0 Å². The average molecular weight is 314 g/mol. The van der Waals surface area contributed by atoms with E-state index in [0.717, 1.165) is 11.3 Å². The summed E-state index contributed by atoms with van der Waals surface area (Å²) in [5.41, 5.74) is 0.992. The van der Waals surface area contributed by atoms with Gasteiger partial charge in [0.05, 0.1) is 26.9 Å². The fraction of sp³-hybridized carbons (Fsp3) is 0.167. The van der Waals surface area contributed by atoms with Crippen LogP contribution in [-0.2, 0) is 0 Å². The van der Waals surface area contributed by atoms with Crippen LogP contribution in [0.4, 0.5) is 0 Å². The van der Waals surface area contributed by atoms with Crippen molar-refractivity contribution in [2.45, 2.75) is 0 Å². The molecule has 0 aliphatic heterocycles. The molecule has 0 amide bonds. The first-order valence-corrected chi connectivity index (χ1v) is 6.90. The molecule has 5 nitrogen and oxygen atoms in total. The summed E-state index contributed by atoms with van der Waals surface area (Å²) in [6.45, 7) is 0.